The Morgan fingerprint density at radius 1 is 1.09 bits per heavy atom. The molecule has 0 atom stereocenters. The van der Waals surface area contributed by atoms with Gasteiger partial charge in [0.25, 0.3) is 0 Å². The van der Waals surface area contributed by atoms with Crippen molar-refractivity contribution in [3.8, 4) is 22.3 Å². The topological polar surface area (TPSA) is 97.5 Å². The summed E-state index contributed by atoms with van der Waals surface area (Å²) in [6.45, 7) is 7.35. The SMILES string of the molecule is CC1(O)CC(OC(=O)NC(C)(C)C)(c2ccc(-c3cnc(N)cc3-c3ccccc3F)cc2)C1. The Kier molecular flexibility index (Phi) is 5.85. The first-order chi connectivity index (χ1) is 15.9. The van der Waals surface area contributed by atoms with Gasteiger partial charge < -0.3 is 20.9 Å². The van der Waals surface area contributed by atoms with Crippen LogP contribution in [0.5, 0.6) is 0 Å². The second kappa shape index (κ2) is 8.40. The third-order valence-electron chi connectivity index (χ3n) is 5.91. The van der Waals surface area contributed by atoms with Crippen LogP contribution in [0.1, 0.15) is 46.1 Å². The van der Waals surface area contributed by atoms with Crippen LogP contribution in [-0.2, 0) is 10.3 Å². The van der Waals surface area contributed by atoms with E-state index in [1.165, 1.54) is 6.07 Å². The number of aromatic nitrogens is 1. The molecule has 0 radical (unpaired) electrons. The minimum atomic E-state index is -0.925. The molecule has 1 saturated carbocycles. The number of carbonyl (C=O) groups excluding carboxylic acids is 1. The van der Waals surface area contributed by atoms with Gasteiger partial charge in [0.05, 0.1) is 5.60 Å². The molecule has 1 amide bonds. The van der Waals surface area contributed by atoms with E-state index in [0.717, 1.165) is 16.7 Å². The van der Waals surface area contributed by atoms with E-state index in [1.54, 1.807) is 37.4 Å². The van der Waals surface area contributed by atoms with E-state index in [9.17, 15) is 14.3 Å². The Hall–Kier alpha value is -3.45. The van der Waals surface area contributed by atoms with E-state index in [-0.39, 0.29) is 5.82 Å². The van der Waals surface area contributed by atoms with Crippen molar-refractivity contribution in [2.75, 3.05) is 5.73 Å². The van der Waals surface area contributed by atoms with Crippen LogP contribution in [0.15, 0.2) is 60.8 Å². The number of carbonyl (C=O) groups is 1. The van der Waals surface area contributed by atoms with Crippen LogP contribution in [0.3, 0.4) is 0 Å². The van der Waals surface area contributed by atoms with Gasteiger partial charge in [-0.05, 0) is 56.5 Å². The summed E-state index contributed by atoms with van der Waals surface area (Å²) in [5.41, 5.74) is 7.01. The van der Waals surface area contributed by atoms with Gasteiger partial charge in [-0.15, -0.1) is 0 Å². The number of ether oxygens (including phenoxy) is 1. The molecule has 1 heterocycles. The van der Waals surface area contributed by atoms with Crippen LogP contribution in [-0.4, -0.2) is 27.3 Å². The van der Waals surface area contributed by atoms with E-state index in [2.05, 4.69) is 10.3 Å². The van der Waals surface area contributed by atoms with Crippen LogP contribution in [0.2, 0.25) is 0 Å². The first-order valence-electron chi connectivity index (χ1n) is 11.2. The average molecular weight is 464 g/mol. The second-order valence-corrected chi connectivity index (χ2v) is 10.3. The number of pyridine rings is 1. The predicted octanol–water partition coefficient (Wildman–Crippen LogP) is 5.40. The van der Waals surface area contributed by atoms with Gasteiger partial charge in [-0.3, -0.25) is 0 Å². The molecule has 0 unspecified atom stereocenters. The normalized spacial score (nSPS) is 22.1. The average Bonchev–Trinajstić information content (AvgIpc) is 2.71. The summed E-state index contributed by atoms with van der Waals surface area (Å²) in [7, 11) is 0. The van der Waals surface area contributed by atoms with Crippen molar-refractivity contribution in [2.24, 2.45) is 0 Å². The predicted molar refractivity (Wildman–Crippen MR) is 130 cm³/mol. The van der Waals surface area contributed by atoms with Crippen LogP contribution in [0.4, 0.5) is 15.0 Å². The monoisotopic (exact) mass is 463 g/mol. The lowest BCUT2D eigenvalue weighted by molar-refractivity contribution is -0.176. The van der Waals surface area contributed by atoms with E-state index in [1.807, 2.05) is 45.0 Å². The van der Waals surface area contributed by atoms with E-state index < -0.39 is 22.8 Å². The third kappa shape index (κ3) is 4.89. The smallest absolute Gasteiger partial charge is 0.408 e. The number of halogens is 1. The lowest BCUT2D eigenvalue weighted by Crippen LogP contribution is -2.57. The number of amides is 1. The number of benzene rings is 2. The summed E-state index contributed by atoms with van der Waals surface area (Å²) in [4.78, 5) is 16.7. The number of hydrogen-bond donors (Lipinski definition) is 3. The number of nitrogens with one attached hydrogen (secondary N) is 1. The molecule has 3 aromatic rings. The molecule has 0 bridgehead atoms. The van der Waals surface area contributed by atoms with Crippen molar-refractivity contribution in [1.82, 2.24) is 10.3 Å². The standard InChI is InChI=1S/C27H30FN3O3/c1-25(2,3)31-24(32)34-27(15-26(4,33)16-27)18-11-9-17(10-12-18)21-14-30-23(29)13-20(21)19-7-5-6-8-22(19)28/h5-14,33H,15-16H2,1-4H3,(H2,29,30)(H,31,32). The minimum absolute atomic E-state index is 0.292. The zero-order valence-corrected chi connectivity index (χ0v) is 19.9. The lowest BCUT2D eigenvalue weighted by atomic mass is 9.65. The number of hydrogen-bond acceptors (Lipinski definition) is 5. The lowest BCUT2D eigenvalue weighted by Gasteiger charge is -2.51. The Morgan fingerprint density at radius 3 is 2.32 bits per heavy atom. The van der Waals surface area contributed by atoms with Gasteiger partial charge in [0, 0.05) is 35.7 Å². The zero-order chi connectivity index (χ0) is 24.7. The number of nitrogens with zero attached hydrogens (tertiary/aromatic N) is 1. The number of rotatable bonds is 4. The van der Waals surface area contributed by atoms with E-state index >= 15 is 0 Å². The summed E-state index contributed by atoms with van der Waals surface area (Å²) in [5.74, 6) is -0.0487. The van der Waals surface area contributed by atoms with Crippen molar-refractivity contribution in [3.05, 3.63) is 72.2 Å². The molecule has 1 fully saturated rings. The maximum atomic E-state index is 14.5. The first kappa shape index (κ1) is 23.7. The van der Waals surface area contributed by atoms with Gasteiger partial charge in [-0.2, -0.15) is 0 Å². The highest BCUT2D eigenvalue weighted by Gasteiger charge is 2.55. The van der Waals surface area contributed by atoms with Crippen molar-refractivity contribution in [3.63, 3.8) is 0 Å². The van der Waals surface area contributed by atoms with Crippen molar-refractivity contribution < 1.29 is 19.0 Å². The molecule has 1 aromatic heterocycles. The largest absolute Gasteiger partial charge is 0.438 e. The number of nitrogen functional groups attached to an aromatic ring is 1. The molecule has 34 heavy (non-hydrogen) atoms. The molecule has 0 saturated heterocycles. The summed E-state index contributed by atoms with van der Waals surface area (Å²) in [5, 5.41) is 13.3. The van der Waals surface area contributed by atoms with Gasteiger partial charge in [0.2, 0.25) is 0 Å². The Balaban J connectivity index is 1.68. The molecule has 2 aromatic carbocycles. The molecular formula is C27H30FN3O3. The Morgan fingerprint density at radius 2 is 1.74 bits per heavy atom. The van der Waals surface area contributed by atoms with Gasteiger partial charge in [-0.1, -0.05) is 42.5 Å². The molecule has 7 heteroatoms. The third-order valence-corrected chi connectivity index (χ3v) is 5.91. The molecule has 0 aliphatic heterocycles. The Bertz CT molecular complexity index is 1210. The highest BCUT2D eigenvalue weighted by atomic mass is 19.1. The fourth-order valence-electron chi connectivity index (χ4n) is 4.58. The van der Waals surface area contributed by atoms with E-state index in [0.29, 0.717) is 29.8 Å². The molecule has 4 N–H and O–H groups in total. The fraction of sp³-hybridized carbons (Fsp3) is 0.333. The van der Waals surface area contributed by atoms with Gasteiger partial charge in [0.1, 0.15) is 17.2 Å². The number of nitrogens with two attached hydrogens (primary N) is 1. The number of aliphatic hydroxyl groups is 1. The van der Waals surface area contributed by atoms with Crippen LogP contribution >= 0.6 is 0 Å². The quantitative estimate of drug-likeness (QED) is 0.481. The van der Waals surface area contributed by atoms with Crippen molar-refractivity contribution in [1.29, 1.82) is 0 Å². The summed E-state index contributed by atoms with van der Waals surface area (Å²) in [6.07, 6.45) is 1.68. The number of anilines is 1. The summed E-state index contributed by atoms with van der Waals surface area (Å²) < 4.78 is 20.4. The molecular weight excluding hydrogens is 433 g/mol. The summed E-state index contributed by atoms with van der Waals surface area (Å²) in [6, 6.07) is 15.7. The molecule has 6 nitrogen and oxygen atoms in total. The second-order valence-electron chi connectivity index (χ2n) is 10.3. The maximum absolute atomic E-state index is 14.5. The van der Waals surface area contributed by atoms with Crippen LogP contribution < -0.4 is 11.1 Å². The molecule has 0 spiro atoms. The van der Waals surface area contributed by atoms with Crippen molar-refractivity contribution >= 4 is 11.9 Å². The molecule has 4 rings (SSSR count). The van der Waals surface area contributed by atoms with Crippen molar-refractivity contribution in [2.45, 2.75) is 57.3 Å². The minimum Gasteiger partial charge on any atom is -0.438 e. The van der Waals surface area contributed by atoms with Gasteiger partial charge in [0.15, 0.2) is 0 Å². The molecule has 1 aliphatic rings. The summed E-state index contributed by atoms with van der Waals surface area (Å²) >= 11 is 0. The first-order valence-corrected chi connectivity index (χ1v) is 11.2. The number of alkyl carbamates (subject to hydrolysis) is 1. The Labute approximate surface area is 199 Å². The van der Waals surface area contributed by atoms with E-state index in [4.69, 9.17) is 10.5 Å². The fourth-order valence-corrected chi connectivity index (χ4v) is 4.58. The molecule has 1 aliphatic carbocycles. The highest BCUT2D eigenvalue weighted by molar-refractivity contribution is 5.84. The van der Waals surface area contributed by atoms with Crippen LogP contribution in [0, 0.1) is 5.82 Å². The molecule has 178 valence electrons. The van der Waals surface area contributed by atoms with Gasteiger partial charge >= 0.3 is 6.09 Å². The zero-order valence-electron chi connectivity index (χ0n) is 19.9. The van der Waals surface area contributed by atoms with Crippen LogP contribution in [0.25, 0.3) is 22.3 Å². The highest BCUT2D eigenvalue weighted by Crippen LogP contribution is 2.51. The maximum Gasteiger partial charge on any atom is 0.408 e. The van der Waals surface area contributed by atoms with Gasteiger partial charge in [-0.25, -0.2) is 14.2 Å².